The predicted molar refractivity (Wildman–Crippen MR) is 103 cm³/mol. The number of halogens is 3. The third-order valence-electron chi connectivity index (χ3n) is 5.30. The number of alkyl halides is 3. The zero-order chi connectivity index (χ0) is 20.4. The van der Waals surface area contributed by atoms with Gasteiger partial charge in [-0.3, -0.25) is 0 Å². The third-order valence-corrected chi connectivity index (χ3v) is 6.04. The van der Waals surface area contributed by atoms with Gasteiger partial charge in [-0.1, -0.05) is 6.07 Å². The van der Waals surface area contributed by atoms with Crippen molar-refractivity contribution >= 4 is 23.1 Å². The standard InChI is InChI=1S/C20H21F3N2O3S/c21-20(22,23)14-2-1-3-15(8-14)24-19(26)25-16-10-28-17-13(9-27-18(16)17)5-4-12-6-7-29-11-12/h1-3,6-8,11,13,16-18H,4-5,9-10H2,(H2,24,25,26)/t13-,16-,17+,18+/m0/s1. The van der Waals surface area contributed by atoms with E-state index in [1.54, 1.807) is 11.3 Å². The van der Waals surface area contributed by atoms with Crippen molar-refractivity contribution in [2.75, 3.05) is 18.5 Å². The van der Waals surface area contributed by atoms with Gasteiger partial charge >= 0.3 is 12.2 Å². The number of urea groups is 1. The monoisotopic (exact) mass is 426 g/mol. The van der Waals surface area contributed by atoms with Gasteiger partial charge in [0.25, 0.3) is 0 Å². The van der Waals surface area contributed by atoms with Crippen molar-refractivity contribution in [3.05, 3.63) is 52.2 Å². The fraction of sp³-hybridized carbons (Fsp3) is 0.450. The van der Waals surface area contributed by atoms with Crippen molar-refractivity contribution in [2.24, 2.45) is 5.92 Å². The lowest BCUT2D eigenvalue weighted by atomic mass is 9.94. The number of anilines is 1. The van der Waals surface area contributed by atoms with Gasteiger partial charge in [-0.05, 0) is 53.4 Å². The molecule has 2 N–H and O–H groups in total. The number of ether oxygens (including phenoxy) is 2. The van der Waals surface area contributed by atoms with Gasteiger partial charge in [-0.15, -0.1) is 0 Å². The Morgan fingerprint density at radius 3 is 2.76 bits per heavy atom. The molecule has 1 aromatic heterocycles. The second kappa shape index (κ2) is 8.33. The minimum absolute atomic E-state index is 0.0764. The molecule has 0 unspecified atom stereocenters. The van der Waals surface area contributed by atoms with Crippen LogP contribution in [0.3, 0.4) is 0 Å². The van der Waals surface area contributed by atoms with E-state index >= 15 is 0 Å². The Morgan fingerprint density at radius 2 is 2.00 bits per heavy atom. The van der Waals surface area contributed by atoms with Crippen molar-refractivity contribution < 1.29 is 27.4 Å². The second-order valence-corrected chi connectivity index (χ2v) is 8.09. The molecular weight excluding hydrogens is 405 g/mol. The highest BCUT2D eigenvalue weighted by Gasteiger charge is 2.47. The lowest BCUT2D eigenvalue weighted by Crippen LogP contribution is -2.45. The van der Waals surface area contributed by atoms with Crippen LogP contribution in [0.1, 0.15) is 17.5 Å². The van der Waals surface area contributed by atoms with E-state index in [-0.39, 0.29) is 29.9 Å². The van der Waals surface area contributed by atoms with Crippen molar-refractivity contribution in [3.63, 3.8) is 0 Å². The van der Waals surface area contributed by atoms with Crippen LogP contribution in [-0.2, 0) is 22.1 Å². The molecule has 156 valence electrons. The number of fused-ring (bicyclic) bond motifs is 1. The topological polar surface area (TPSA) is 59.6 Å². The number of hydrogen-bond donors (Lipinski definition) is 2. The number of thiophene rings is 1. The van der Waals surface area contributed by atoms with Gasteiger partial charge in [0.15, 0.2) is 0 Å². The average molecular weight is 426 g/mol. The lowest BCUT2D eigenvalue weighted by Gasteiger charge is -2.18. The van der Waals surface area contributed by atoms with Crippen LogP contribution in [-0.4, -0.2) is 37.5 Å². The first-order chi connectivity index (χ1) is 13.9. The minimum Gasteiger partial charge on any atom is -0.373 e. The highest BCUT2D eigenvalue weighted by Crippen LogP contribution is 2.34. The average Bonchev–Trinajstić information content (AvgIpc) is 3.39. The SMILES string of the molecule is O=C(Nc1cccc(C(F)(F)F)c1)N[C@H]1CO[C@@H]2[C@@H](CCc3ccsc3)CO[C@@H]21. The number of hydrogen-bond acceptors (Lipinski definition) is 4. The Bertz CT molecular complexity index is 844. The number of benzene rings is 1. The van der Waals surface area contributed by atoms with Crippen LogP contribution >= 0.6 is 11.3 Å². The molecule has 4 rings (SSSR count). The van der Waals surface area contributed by atoms with Gasteiger partial charge in [-0.2, -0.15) is 24.5 Å². The Morgan fingerprint density at radius 1 is 1.17 bits per heavy atom. The number of carbonyl (C=O) groups is 1. The first-order valence-electron chi connectivity index (χ1n) is 9.39. The molecule has 1 aromatic carbocycles. The molecule has 2 amide bonds. The summed E-state index contributed by atoms with van der Waals surface area (Å²) in [5.74, 6) is 0.262. The molecule has 0 radical (unpaired) electrons. The number of rotatable bonds is 5. The molecule has 2 fully saturated rings. The molecule has 3 heterocycles. The van der Waals surface area contributed by atoms with E-state index in [1.165, 1.54) is 17.7 Å². The second-order valence-electron chi connectivity index (χ2n) is 7.31. The van der Waals surface area contributed by atoms with Crippen molar-refractivity contribution in [2.45, 2.75) is 37.3 Å². The quantitative estimate of drug-likeness (QED) is 0.749. The molecule has 2 aliphatic rings. The van der Waals surface area contributed by atoms with E-state index in [0.29, 0.717) is 13.2 Å². The molecule has 0 bridgehead atoms. The van der Waals surface area contributed by atoms with Gasteiger partial charge in [0.05, 0.1) is 30.9 Å². The molecule has 0 spiro atoms. The fourth-order valence-electron chi connectivity index (χ4n) is 3.85. The first-order valence-corrected chi connectivity index (χ1v) is 10.3. The Balaban J connectivity index is 1.30. The molecular formula is C20H21F3N2O3S. The minimum atomic E-state index is -4.46. The summed E-state index contributed by atoms with van der Waals surface area (Å²) in [5, 5.41) is 9.41. The van der Waals surface area contributed by atoms with E-state index in [9.17, 15) is 18.0 Å². The number of carbonyl (C=O) groups excluding carboxylic acids is 1. The number of aryl methyl sites for hydroxylation is 1. The lowest BCUT2D eigenvalue weighted by molar-refractivity contribution is -0.137. The van der Waals surface area contributed by atoms with Crippen LogP contribution in [0.15, 0.2) is 41.1 Å². The summed E-state index contributed by atoms with van der Waals surface area (Å²) < 4.78 is 50.2. The maximum atomic E-state index is 12.8. The molecule has 2 aromatic rings. The fourth-order valence-corrected chi connectivity index (χ4v) is 4.55. The van der Waals surface area contributed by atoms with Gasteiger partial charge in [0.1, 0.15) is 6.10 Å². The van der Waals surface area contributed by atoms with Gasteiger partial charge < -0.3 is 20.1 Å². The van der Waals surface area contributed by atoms with Crippen LogP contribution in [0, 0.1) is 5.92 Å². The van der Waals surface area contributed by atoms with Crippen molar-refractivity contribution in [1.29, 1.82) is 0 Å². The van der Waals surface area contributed by atoms with Crippen molar-refractivity contribution in [1.82, 2.24) is 5.32 Å². The number of nitrogens with one attached hydrogen (secondary N) is 2. The molecule has 5 nitrogen and oxygen atoms in total. The molecule has 0 aliphatic carbocycles. The van der Waals surface area contributed by atoms with Crippen LogP contribution in [0.25, 0.3) is 0 Å². The van der Waals surface area contributed by atoms with Gasteiger partial charge in [0, 0.05) is 11.6 Å². The number of amides is 2. The predicted octanol–water partition coefficient (Wildman–Crippen LogP) is 4.30. The van der Waals surface area contributed by atoms with Crippen LogP contribution < -0.4 is 10.6 Å². The summed E-state index contributed by atoms with van der Waals surface area (Å²) in [5.41, 5.74) is 0.563. The summed E-state index contributed by atoms with van der Waals surface area (Å²) in [6.07, 6.45) is -2.88. The van der Waals surface area contributed by atoms with Gasteiger partial charge in [0.2, 0.25) is 0 Å². The first kappa shape index (κ1) is 20.2. The maximum Gasteiger partial charge on any atom is 0.416 e. The van der Waals surface area contributed by atoms with Crippen LogP contribution in [0.4, 0.5) is 23.7 Å². The van der Waals surface area contributed by atoms with Crippen LogP contribution in [0.2, 0.25) is 0 Å². The molecule has 2 saturated heterocycles. The molecule has 0 saturated carbocycles. The molecule has 29 heavy (non-hydrogen) atoms. The largest absolute Gasteiger partial charge is 0.416 e. The highest BCUT2D eigenvalue weighted by atomic mass is 32.1. The van der Waals surface area contributed by atoms with Crippen molar-refractivity contribution in [3.8, 4) is 0 Å². The Hall–Kier alpha value is -2.10. The maximum absolute atomic E-state index is 12.8. The van der Waals surface area contributed by atoms with E-state index in [0.717, 1.165) is 25.0 Å². The summed E-state index contributed by atoms with van der Waals surface area (Å²) >= 11 is 1.67. The summed E-state index contributed by atoms with van der Waals surface area (Å²) in [4.78, 5) is 12.3. The molecule has 2 aliphatic heterocycles. The summed E-state index contributed by atoms with van der Waals surface area (Å²) in [6.45, 7) is 0.896. The van der Waals surface area contributed by atoms with Gasteiger partial charge in [-0.25, -0.2) is 4.79 Å². The van der Waals surface area contributed by atoms with E-state index in [1.807, 2.05) is 0 Å². The smallest absolute Gasteiger partial charge is 0.373 e. The van der Waals surface area contributed by atoms with E-state index in [4.69, 9.17) is 9.47 Å². The zero-order valence-electron chi connectivity index (χ0n) is 15.4. The Labute approximate surface area is 170 Å². The highest BCUT2D eigenvalue weighted by molar-refractivity contribution is 7.07. The summed E-state index contributed by atoms with van der Waals surface area (Å²) in [6, 6.07) is 5.72. The normalized spacial score (nSPS) is 26.3. The summed E-state index contributed by atoms with van der Waals surface area (Å²) in [7, 11) is 0. The van der Waals surface area contributed by atoms with Crippen LogP contribution in [0.5, 0.6) is 0 Å². The third kappa shape index (κ3) is 4.73. The van der Waals surface area contributed by atoms with E-state index < -0.39 is 17.8 Å². The Kier molecular flexibility index (Phi) is 5.80. The molecule has 4 atom stereocenters. The zero-order valence-corrected chi connectivity index (χ0v) is 16.3. The van der Waals surface area contributed by atoms with E-state index in [2.05, 4.69) is 27.5 Å². The molecule has 9 heteroatoms.